The third-order valence-corrected chi connectivity index (χ3v) is 1.29. The summed E-state index contributed by atoms with van der Waals surface area (Å²) in [5.74, 6) is 0. The molecule has 1 rings (SSSR count). The van der Waals surface area contributed by atoms with Crippen LogP contribution >= 0.6 is 0 Å². The highest BCUT2D eigenvalue weighted by Gasteiger charge is 2.12. The largest absolute Gasteiger partial charge is 0.397 e. The number of nitriles is 1. The lowest BCUT2D eigenvalue weighted by atomic mass is 10.2. The molecule has 5 heteroatoms. The molecular formula is C7H5F2N3. The molecule has 0 spiro atoms. The predicted octanol–water partition coefficient (Wildman–Crippen LogP) is 1.47. The van der Waals surface area contributed by atoms with E-state index in [0.29, 0.717) is 0 Å². The average molecular weight is 169 g/mol. The van der Waals surface area contributed by atoms with Gasteiger partial charge in [0.25, 0.3) is 6.43 Å². The monoisotopic (exact) mass is 169 g/mol. The SMILES string of the molecule is N#Cc1cnc(C(F)F)c(N)c1. The van der Waals surface area contributed by atoms with Crippen LogP contribution in [-0.4, -0.2) is 4.98 Å². The third-order valence-electron chi connectivity index (χ3n) is 1.29. The molecule has 2 N–H and O–H groups in total. The molecule has 0 radical (unpaired) electrons. The zero-order chi connectivity index (χ0) is 9.14. The van der Waals surface area contributed by atoms with Gasteiger partial charge in [-0.15, -0.1) is 0 Å². The van der Waals surface area contributed by atoms with Crippen LogP contribution in [0.25, 0.3) is 0 Å². The summed E-state index contributed by atoms with van der Waals surface area (Å²) in [4.78, 5) is 3.35. The quantitative estimate of drug-likeness (QED) is 0.692. The van der Waals surface area contributed by atoms with Crippen molar-refractivity contribution >= 4 is 5.69 Å². The predicted molar refractivity (Wildman–Crippen MR) is 38.3 cm³/mol. The van der Waals surface area contributed by atoms with Crippen molar-refractivity contribution in [3.8, 4) is 6.07 Å². The van der Waals surface area contributed by atoms with Gasteiger partial charge in [0.2, 0.25) is 0 Å². The van der Waals surface area contributed by atoms with Gasteiger partial charge in [-0.25, -0.2) is 8.78 Å². The number of nitrogen functional groups attached to an aromatic ring is 1. The molecular weight excluding hydrogens is 164 g/mol. The molecule has 62 valence electrons. The minimum absolute atomic E-state index is 0.149. The van der Waals surface area contributed by atoms with Crippen molar-refractivity contribution in [3.05, 3.63) is 23.5 Å². The molecule has 0 amide bonds. The Morgan fingerprint density at radius 2 is 2.25 bits per heavy atom. The standard InChI is InChI=1S/C7H5F2N3/c8-7(9)6-5(11)1-4(2-10)3-12-6/h1,3,7H,11H2. The summed E-state index contributed by atoms with van der Waals surface area (Å²) >= 11 is 0. The minimum Gasteiger partial charge on any atom is -0.397 e. The maximum Gasteiger partial charge on any atom is 0.282 e. The van der Waals surface area contributed by atoms with E-state index in [-0.39, 0.29) is 11.3 Å². The Labute approximate surface area is 67.4 Å². The molecule has 1 aromatic heterocycles. The van der Waals surface area contributed by atoms with E-state index in [0.717, 1.165) is 6.20 Å². The number of aromatic nitrogens is 1. The molecule has 12 heavy (non-hydrogen) atoms. The topological polar surface area (TPSA) is 62.7 Å². The smallest absolute Gasteiger partial charge is 0.282 e. The van der Waals surface area contributed by atoms with E-state index >= 15 is 0 Å². The number of alkyl halides is 2. The summed E-state index contributed by atoms with van der Waals surface area (Å²) in [5.41, 5.74) is 4.76. The van der Waals surface area contributed by atoms with E-state index in [2.05, 4.69) is 4.98 Å². The number of halogens is 2. The van der Waals surface area contributed by atoms with Crippen molar-refractivity contribution in [2.45, 2.75) is 6.43 Å². The molecule has 0 saturated heterocycles. The Kier molecular flexibility index (Phi) is 2.19. The van der Waals surface area contributed by atoms with Gasteiger partial charge in [-0.3, -0.25) is 4.98 Å². The van der Waals surface area contributed by atoms with E-state index in [9.17, 15) is 8.78 Å². The fourth-order valence-electron chi connectivity index (χ4n) is 0.736. The molecule has 0 saturated carbocycles. The summed E-state index contributed by atoms with van der Waals surface area (Å²) in [7, 11) is 0. The molecule has 0 unspecified atom stereocenters. The van der Waals surface area contributed by atoms with E-state index in [4.69, 9.17) is 11.0 Å². The molecule has 1 aromatic rings. The maximum atomic E-state index is 12.0. The second-order valence-corrected chi connectivity index (χ2v) is 2.11. The van der Waals surface area contributed by atoms with Crippen LogP contribution in [-0.2, 0) is 0 Å². The Morgan fingerprint density at radius 1 is 1.58 bits per heavy atom. The van der Waals surface area contributed by atoms with Crippen LogP contribution < -0.4 is 5.73 Å². The van der Waals surface area contributed by atoms with Crippen LogP contribution in [0.1, 0.15) is 17.7 Å². The number of nitrogens with zero attached hydrogens (tertiary/aromatic N) is 2. The van der Waals surface area contributed by atoms with Gasteiger partial charge in [0.05, 0.1) is 11.3 Å². The van der Waals surface area contributed by atoms with Gasteiger partial charge in [0.15, 0.2) is 0 Å². The van der Waals surface area contributed by atoms with Gasteiger partial charge in [0, 0.05) is 6.20 Å². The molecule has 3 nitrogen and oxygen atoms in total. The summed E-state index contributed by atoms with van der Waals surface area (Å²) in [6.07, 6.45) is -1.63. The first-order chi connectivity index (χ1) is 5.65. The van der Waals surface area contributed by atoms with E-state index < -0.39 is 12.1 Å². The number of hydrogen-bond acceptors (Lipinski definition) is 3. The third kappa shape index (κ3) is 1.48. The first kappa shape index (κ1) is 8.40. The zero-order valence-electron chi connectivity index (χ0n) is 5.96. The van der Waals surface area contributed by atoms with Crippen LogP contribution in [0.3, 0.4) is 0 Å². The first-order valence-corrected chi connectivity index (χ1v) is 3.09. The molecule has 0 aliphatic rings. The van der Waals surface area contributed by atoms with Crippen LogP contribution in [0, 0.1) is 11.3 Å². The highest BCUT2D eigenvalue weighted by Crippen LogP contribution is 2.22. The van der Waals surface area contributed by atoms with Crippen LogP contribution in [0.2, 0.25) is 0 Å². The number of hydrogen-bond donors (Lipinski definition) is 1. The van der Waals surface area contributed by atoms with E-state index in [1.54, 1.807) is 6.07 Å². The molecule has 0 aromatic carbocycles. The maximum absolute atomic E-state index is 12.0. The van der Waals surface area contributed by atoms with Crippen molar-refractivity contribution in [3.63, 3.8) is 0 Å². The second kappa shape index (κ2) is 3.13. The van der Waals surface area contributed by atoms with E-state index in [1.165, 1.54) is 6.07 Å². The minimum atomic E-state index is -2.70. The lowest BCUT2D eigenvalue weighted by molar-refractivity contribution is 0.147. The highest BCUT2D eigenvalue weighted by atomic mass is 19.3. The van der Waals surface area contributed by atoms with Crippen LogP contribution in [0.5, 0.6) is 0 Å². The fraction of sp³-hybridized carbons (Fsp3) is 0.143. The fourth-order valence-corrected chi connectivity index (χ4v) is 0.736. The summed E-state index contributed by atoms with van der Waals surface area (Å²) < 4.78 is 24.1. The normalized spacial score (nSPS) is 9.83. The molecule has 0 fully saturated rings. The molecule has 1 heterocycles. The zero-order valence-corrected chi connectivity index (χ0v) is 5.96. The van der Waals surface area contributed by atoms with Gasteiger partial charge in [-0.2, -0.15) is 5.26 Å². The lowest BCUT2D eigenvalue weighted by Gasteiger charge is -2.01. The summed E-state index contributed by atoms with van der Waals surface area (Å²) in [5, 5.41) is 8.36. The number of pyridine rings is 1. The van der Waals surface area contributed by atoms with Crippen molar-refractivity contribution in [1.82, 2.24) is 4.98 Å². The first-order valence-electron chi connectivity index (χ1n) is 3.09. The van der Waals surface area contributed by atoms with Crippen molar-refractivity contribution < 1.29 is 8.78 Å². The Bertz CT molecular complexity index is 330. The Hall–Kier alpha value is -1.70. The van der Waals surface area contributed by atoms with Crippen LogP contribution in [0.15, 0.2) is 12.3 Å². The van der Waals surface area contributed by atoms with Crippen molar-refractivity contribution in [1.29, 1.82) is 5.26 Å². The van der Waals surface area contributed by atoms with Gasteiger partial charge in [0.1, 0.15) is 11.8 Å². The van der Waals surface area contributed by atoms with Crippen molar-refractivity contribution in [2.75, 3.05) is 5.73 Å². The molecule has 0 aliphatic carbocycles. The number of rotatable bonds is 1. The Balaban J connectivity index is 3.14. The molecule has 0 bridgehead atoms. The van der Waals surface area contributed by atoms with E-state index in [1.807, 2.05) is 0 Å². The molecule has 0 atom stereocenters. The lowest BCUT2D eigenvalue weighted by Crippen LogP contribution is -1.98. The van der Waals surface area contributed by atoms with Crippen LogP contribution in [0.4, 0.5) is 14.5 Å². The second-order valence-electron chi connectivity index (χ2n) is 2.11. The molecule has 0 aliphatic heterocycles. The summed E-state index contributed by atoms with van der Waals surface area (Å²) in [6, 6.07) is 2.92. The van der Waals surface area contributed by atoms with Gasteiger partial charge >= 0.3 is 0 Å². The van der Waals surface area contributed by atoms with Gasteiger partial charge in [-0.05, 0) is 6.07 Å². The van der Waals surface area contributed by atoms with Gasteiger partial charge in [-0.1, -0.05) is 0 Å². The summed E-state index contributed by atoms with van der Waals surface area (Å²) in [6.45, 7) is 0. The number of nitrogens with two attached hydrogens (primary N) is 1. The average Bonchev–Trinajstić information content (AvgIpc) is 2.03. The van der Waals surface area contributed by atoms with Gasteiger partial charge < -0.3 is 5.73 Å². The Morgan fingerprint density at radius 3 is 2.67 bits per heavy atom. The highest BCUT2D eigenvalue weighted by molar-refractivity contribution is 5.48. The van der Waals surface area contributed by atoms with Crippen molar-refractivity contribution in [2.24, 2.45) is 0 Å². The number of anilines is 1.